The van der Waals surface area contributed by atoms with Gasteiger partial charge in [-0.25, -0.2) is 13.1 Å². The van der Waals surface area contributed by atoms with Crippen LogP contribution in [0, 0.1) is 0 Å². The van der Waals surface area contributed by atoms with Gasteiger partial charge in [-0.1, -0.05) is 11.6 Å². The molecule has 0 radical (unpaired) electrons. The maximum absolute atomic E-state index is 12.3. The van der Waals surface area contributed by atoms with Crippen molar-refractivity contribution in [3.63, 3.8) is 0 Å². The summed E-state index contributed by atoms with van der Waals surface area (Å²) in [5.41, 5.74) is 0. The Morgan fingerprint density at radius 3 is 3.00 bits per heavy atom. The highest BCUT2D eigenvalue weighted by molar-refractivity contribution is 7.94. The fourth-order valence-electron chi connectivity index (χ4n) is 2.06. The molecule has 0 aliphatic carbocycles. The normalized spacial score (nSPS) is 19.4. The summed E-state index contributed by atoms with van der Waals surface area (Å²) >= 11 is 6.96. The molecule has 20 heavy (non-hydrogen) atoms. The molecule has 1 fully saturated rings. The summed E-state index contributed by atoms with van der Waals surface area (Å²) in [7, 11) is -3.69. The molecule has 1 saturated heterocycles. The minimum atomic E-state index is -3.69. The number of sulfonamides is 1. The van der Waals surface area contributed by atoms with Gasteiger partial charge >= 0.3 is 0 Å². The maximum atomic E-state index is 12.3. The monoisotopic (exact) mass is 333 g/mol. The quantitative estimate of drug-likeness (QED) is 0.932. The number of thiophene rings is 1. The Balaban J connectivity index is 1.88. The number of halogens is 1. The number of ether oxygens (including phenoxy) is 1. The van der Waals surface area contributed by atoms with Gasteiger partial charge in [-0.15, -0.1) is 11.3 Å². The topological polar surface area (TPSA) is 73.2 Å². The molecule has 3 heterocycles. The average Bonchev–Trinajstić information content (AvgIpc) is 3.07. The van der Waals surface area contributed by atoms with Gasteiger partial charge in [-0.2, -0.15) is 5.10 Å². The van der Waals surface area contributed by atoms with Gasteiger partial charge in [-0.05, 0) is 17.9 Å². The van der Waals surface area contributed by atoms with Crippen LogP contribution in [-0.2, 0) is 14.8 Å². The van der Waals surface area contributed by atoms with E-state index in [2.05, 4.69) is 9.82 Å². The summed E-state index contributed by atoms with van der Waals surface area (Å²) in [6, 6.07) is 3.24. The molecular formula is C11H12ClN3O3S2. The van der Waals surface area contributed by atoms with Gasteiger partial charge < -0.3 is 4.74 Å². The fraction of sp³-hybridized carbons (Fsp3) is 0.364. The molecule has 1 unspecified atom stereocenters. The third-order valence-corrected chi connectivity index (χ3v) is 6.37. The zero-order valence-electron chi connectivity index (χ0n) is 10.3. The molecule has 6 nitrogen and oxygen atoms in total. The summed E-state index contributed by atoms with van der Waals surface area (Å²) in [5, 5.41) is 6.02. The van der Waals surface area contributed by atoms with E-state index in [4.69, 9.17) is 16.3 Å². The molecule has 1 N–H and O–H groups in total. The molecule has 0 amide bonds. The van der Waals surface area contributed by atoms with Crippen molar-refractivity contribution in [2.24, 2.45) is 0 Å². The molecule has 9 heteroatoms. The van der Waals surface area contributed by atoms with Crippen LogP contribution in [0.25, 0.3) is 0 Å². The Morgan fingerprint density at radius 2 is 2.35 bits per heavy atom. The molecule has 0 spiro atoms. The Kier molecular flexibility index (Phi) is 3.72. The van der Waals surface area contributed by atoms with Crippen molar-refractivity contribution in [3.8, 4) is 0 Å². The van der Waals surface area contributed by atoms with Crippen LogP contribution in [0.15, 0.2) is 27.9 Å². The Hall–Kier alpha value is -1.09. The fourth-order valence-corrected chi connectivity index (χ4v) is 4.79. The number of hydrogen-bond donors (Lipinski definition) is 1. The second kappa shape index (κ2) is 5.36. The molecule has 0 aromatic carbocycles. The predicted molar refractivity (Wildman–Crippen MR) is 76.8 cm³/mol. The van der Waals surface area contributed by atoms with Crippen LogP contribution < -0.4 is 4.72 Å². The standard InChI is InChI=1S/C11H12ClN3O3S2/c12-9-3-6-19-11(9)20(16,17)14-10-1-4-13-15(10)8-2-5-18-7-8/h1,3-4,6,8,14H,2,5,7H2. The first-order valence-corrected chi connectivity index (χ1v) is 8.69. The van der Waals surface area contributed by atoms with Crippen LogP contribution >= 0.6 is 22.9 Å². The molecular weight excluding hydrogens is 322 g/mol. The van der Waals surface area contributed by atoms with Crippen molar-refractivity contribution in [1.29, 1.82) is 0 Å². The lowest BCUT2D eigenvalue weighted by Gasteiger charge is -2.14. The molecule has 3 rings (SSSR count). The zero-order valence-corrected chi connectivity index (χ0v) is 12.7. The van der Waals surface area contributed by atoms with E-state index in [0.29, 0.717) is 19.0 Å². The third kappa shape index (κ3) is 2.56. The van der Waals surface area contributed by atoms with E-state index in [1.807, 2.05) is 0 Å². The van der Waals surface area contributed by atoms with E-state index in [0.717, 1.165) is 17.8 Å². The van der Waals surface area contributed by atoms with E-state index in [-0.39, 0.29) is 15.3 Å². The van der Waals surface area contributed by atoms with Crippen LogP contribution in [0.4, 0.5) is 5.82 Å². The number of nitrogens with zero attached hydrogens (tertiary/aromatic N) is 2. The average molecular weight is 334 g/mol. The number of anilines is 1. The van der Waals surface area contributed by atoms with E-state index in [1.165, 1.54) is 0 Å². The first-order valence-electron chi connectivity index (χ1n) is 5.95. The number of rotatable bonds is 4. The molecule has 1 atom stereocenters. The van der Waals surface area contributed by atoms with Crippen molar-refractivity contribution >= 4 is 38.8 Å². The highest BCUT2D eigenvalue weighted by Gasteiger charge is 2.25. The Labute approximate surface area is 125 Å². The van der Waals surface area contributed by atoms with Crippen molar-refractivity contribution in [2.45, 2.75) is 16.7 Å². The van der Waals surface area contributed by atoms with Gasteiger partial charge in [0.25, 0.3) is 10.0 Å². The second-order valence-electron chi connectivity index (χ2n) is 4.34. The molecule has 0 bridgehead atoms. The summed E-state index contributed by atoms with van der Waals surface area (Å²) in [4.78, 5) is 0. The van der Waals surface area contributed by atoms with Gasteiger partial charge in [0.1, 0.15) is 5.82 Å². The Morgan fingerprint density at radius 1 is 1.50 bits per heavy atom. The SMILES string of the molecule is O=S(=O)(Nc1ccnn1C1CCOC1)c1sccc1Cl. The summed E-state index contributed by atoms with van der Waals surface area (Å²) < 4.78 is 34.2. The van der Waals surface area contributed by atoms with E-state index in [9.17, 15) is 8.42 Å². The lowest BCUT2D eigenvalue weighted by Crippen LogP contribution is -2.18. The molecule has 1 aliphatic heterocycles. The zero-order chi connectivity index (χ0) is 14.2. The summed E-state index contributed by atoms with van der Waals surface area (Å²) in [6.45, 7) is 1.20. The minimum Gasteiger partial charge on any atom is -0.379 e. The lowest BCUT2D eigenvalue weighted by molar-refractivity contribution is 0.185. The maximum Gasteiger partial charge on any atom is 0.274 e. The smallest absolute Gasteiger partial charge is 0.274 e. The van der Waals surface area contributed by atoms with Gasteiger partial charge in [0, 0.05) is 12.7 Å². The third-order valence-electron chi connectivity index (χ3n) is 2.99. The van der Waals surface area contributed by atoms with Crippen LogP contribution in [0.5, 0.6) is 0 Å². The van der Waals surface area contributed by atoms with E-state index < -0.39 is 10.0 Å². The van der Waals surface area contributed by atoms with E-state index >= 15 is 0 Å². The number of hydrogen-bond acceptors (Lipinski definition) is 5. The van der Waals surface area contributed by atoms with Crippen LogP contribution in [0.3, 0.4) is 0 Å². The molecule has 108 valence electrons. The van der Waals surface area contributed by atoms with Crippen molar-refractivity contribution in [2.75, 3.05) is 17.9 Å². The van der Waals surface area contributed by atoms with E-state index in [1.54, 1.807) is 28.4 Å². The molecule has 2 aromatic heterocycles. The minimum absolute atomic E-state index is 0.0570. The first-order chi connectivity index (χ1) is 9.58. The predicted octanol–water partition coefficient (Wildman–Crippen LogP) is 2.36. The summed E-state index contributed by atoms with van der Waals surface area (Å²) in [5.74, 6) is 0.421. The lowest BCUT2D eigenvalue weighted by atomic mass is 10.3. The van der Waals surface area contributed by atoms with Crippen LogP contribution in [-0.4, -0.2) is 31.4 Å². The van der Waals surface area contributed by atoms with Crippen molar-refractivity contribution < 1.29 is 13.2 Å². The second-order valence-corrected chi connectivity index (χ2v) is 7.54. The number of aromatic nitrogens is 2. The van der Waals surface area contributed by atoms with Gasteiger partial charge in [0.05, 0.1) is 23.9 Å². The van der Waals surface area contributed by atoms with Gasteiger partial charge in [0.2, 0.25) is 0 Å². The number of nitrogens with one attached hydrogen (secondary N) is 1. The van der Waals surface area contributed by atoms with Crippen LogP contribution in [0.2, 0.25) is 5.02 Å². The van der Waals surface area contributed by atoms with Crippen LogP contribution in [0.1, 0.15) is 12.5 Å². The molecule has 2 aromatic rings. The van der Waals surface area contributed by atoms with Crippen molar-refractivity contribution in [1.82, 2.24) is 9.78 Å². The largest absolute Gasteiger partial charge is 0.379 e. The molecule has 1 aliphatic rings. The highest BCUT2D eigenvalue weighted by Crippen LogP contribution is 2.30. The molecule has 0 saturated carbocycles. The Bertz CT molecular complexity index is 704. The first kappa shape index (κ1) is 13.9. The van der Waals surface area contributed by atoms with Gasteiger partial charge in [0.15, 0.2) is 4.21 Å². The van der Waals surface area contributed by atoms with Crippen molar-refractivity contribution in [3.05, 3.63) is 28.7 Å². The summed E-state index contributed by atoms with van der Waals surface area (Å²) in [6.07, 6.45) is 2.38. The highest BCUT2D eigenvalue weighted by atomic mass is 35.5. The van der Waals surface area contributed by atoms with Gasteiger partial charge in [-0.3, -0.25) is 4.72 Å².